The van der Waals surface area contributed by atoms with E-state index in [0.717, 1.165) is 18.4 Å². The summed E-state index contributed by atoms with van der Waals surface area (Å²) in [7, 11) is 0. The fraction of sp³-hybridized carbons (Fsp3) is 0.211. The van der Waals surface area contributed by atoms with Crippen LogP contribution in [0.25, 0.3) is 10.9 Å². The van der Waals surface area contributed by atoms with Crippen LogP contribution in [0.2, 0.25) is 0 Å². The van der Waals surface area contributed by atoms with Gasteiger partial charge in [0.25, 0.3) is 5.91 Å². The number of aryl methyl sites for hydroxylation is 1. The first-order valence-corrected chi connectivity index (χ1v) is 7.76. The van der Waals surface area contributed by atoms with Crippen LogP contribution in [-0.4, -0.2) is 16.9 Å². The lowest BCUT2D eigenvalue weighted by Gasteiger charge is -2.12. The van der Waals surface area contributed by atoms with Gasteiger partial charge in [0, 0.05) is 34.6 Å². The van der Waals surface area contributed by atoms with E-state index in [1.54, 1.807) is 12.1 Å². The number of hydrogen-bond acceptors (Lipinski definition) is 1. The van der Waals surface area contributed by atoms with Crippen LogP contribution in [0.1, 0.15) is 27.2 Å². The zero-order valence-electron chi connectivity index (χ0n) is 12.8. The van der Waals surface area contributed by atoms with Gasteiger partial charge in [0.15, 0.2) is 0 Å². The van der Waals surface area contributed by atoms with E-state index in [1.165, 1.54) is 34.3 Å². The van der Waals surface area contributed by atoms with E-state index in [0.29, 0.717) is 5.56 Å². The monoisotopic (exact) mass is 308 g/mol. The van der Waals surface area contributed by atoms with Crippen molar-refractivity contribution in [1.82, 2.24) is 10.3 Å². The highest BCUT2D eigenvalue weighted by atomic mass is 19.1. The average molecular weight is 308 g/mol. The molecule has 3 aromatic rings. The van der Waals surface area contributed by atoms with Gasteiger partial charge in [-0.05, 0) is 49.2 Å². The quantitative estimate of drug-likeness (QED) is 0.747. The predicted octanol–water partition coefficient (Wildman–Crippen LogP) is 3.51. The number of amides is 1. The molecule has 0 fully saturated rings. The molecule has 2 N–H and O–H groups in total. The Labute approximate surface area is 133 Å². The van der Waals surface area contributed by atoms with Gasteiger partial charge in [-0.1, -0.05) is 17.7 Å². The largest absolute Gasteiger partial charge is 0.358 e. The van der Waals surface area contributed by atoms with Gasteiger partial charge < -0.3 is 10.3 Å². The minimum absolute atomic E-state index is 0.0527. The second-order valence-electron chi connectivity index (χ2n) is 6.22. The lowest BCUT2D eigenvalue weighted by atomic mass is 10.1. The van der Waals surface area contributed by atoms with Crippen LogP contribution >= 0.6 is 0 Å². The molecule has 4 rings (SSSR count). The van der Waals surface area contributed by atoms with Crippen molar-refractivity contribution in [2.75, 3.05) is 0 Å². The van der Waals surface area contributed by atoms with Crippen molar-refractivity contribution in [2.24, 2.45) is 0 Å². The number of aromatic nitrogens is 1. The summed E-state index contributed by atoms with van der Waals surface area (Å²) in [6, 6.07) is 12.2. The third-order valence-corrected chi connectivity index (χ3v) is 4.47. The van der Waals surface area contributed by atoms with Crippen LogP contribution in [0.5, 0.6) is 0 Å². The number of benzene rings is 2. The molecule has 2 aromatic carbocycles. The van der Waals surface area contributed by atoms with Crippen molar-refractivity contribution in [3.8, 4) is 0 Å². The zero-order chi connectivity index (χ0) is 16.0. The molecule has 4 heteroatoms. The van der Waals surface area contributed by atoms with Crippen LogP contribution in [0.4, 0.5) is 4.39 Å². The number of fused-ring (bicyclic) bond motifs is 3. The number of H-pyrrole nitrogens is 1. The van der Waals surface area contributed by atoms with Gasteiger partial charge >= 0.3 is 0 Å². The van der Waals surface area contributed by atoms with E-state index in [9.17, 15) is 9.18 Å². The maximum absolute atomic E-state index is 13.2. The minimum atomic E-state index is -0.393. The summed E-state index contributed by atoms with van der Waals surface area (Å²) >= 11 is 0. The number of carbonyl (C=O) groups is 1. The molecule has 0 aliphatic heterocycles. The highest BCUT2D eigenvalue weighted by molar-refractivity contribution is 5.94. The molecule has 3 nitrogen and oxygen atoms in total. The Morgan fingerprint density at radius 2 is 2.09 bits per heavy atom. The topological polar surface area (TPSA) is 44.9 Å². The van der Waals surface area contributed by atoms with Gasteiger partial charge in [0.1, 0.15) is 5.82 Å². The molecule has 1 aromatic heterocycles. The SMILES string of the molecule is Cc1ccc2[nH]c3c(c2c1)CC(NC(=O)c1cccc(F)c1)C3. The number of aromatic amines is 1. The van der Waals surface area contributed by atoms with Crippen LogP contribution in [0.3, 0.4) is 0 Å². The van der Waals surface area contributed by atoms with Crippen molar-refractivity contribution >= 4 is 16.8 Å². The molecule has 1 amide bonds. The van der Waals surface area contributed by atoms with Crippen molar-refractivity contribution in [2.45, 2.75) is 25.8 Å². The molecule has 1 heterocycles. The number of rotatable bonds is 2. The summed E-state index contributed by atoms with van der Waals surface area (Å²) in [5, 5.41) is 4.25. The number of carbonyl (C=O) groups excluding carboxylic acids is 1. The summed E-state index contributed by atoms with van der Waals surface area (Å²) in [5.74, 6) is -0.615. The van der Waals surface area contributed by atoms with Crippen molar-refractivity contribution in [1.29, 1.82) is 0 Å². The molecule has 1 atom stereocenters. The maximum Gasteiger partial charge on any atom is 0.251 e. The first-order valence-electron chi connectivity index (χ1n) is 7.76. The van der Waals surface area contributed by atoms with E-state index >= 15 is 0 Å². The summed E-state index contributed by atoms with van der Waals surface area (Å²) in [5.41, 5.74) is 5.21. The molecular weight excluding hydrogens is 291 g/mol. The van der Waals surface area contributed by atoms with Crippen molar-refractivity contribution in [3.05, 3.63) is 70.7 Å². The molecule has 0 radical (unpaired) electrons. The first kappa shape index (κ1) is 14.0. The average Bonchev–Trinajstić information content (AvgIpc) is 3.05. The lowest BCUT2D eigenvalue weighted by molar-refractivity contribution is 0.0938. The van der Waals surface area contributed by atoms with Crippen LogP contribution in [-0.2, 0) is 12.8 Å². The number of hydrogen-bond donors (Lipinski definition) is 2. The summed E-state index contributed by atoms with van der Waals surface area (Å²) in [4.78, 5) is 15.7. The molecule has 1 unspecified atom stereocenters. The van der Waals surface area contributed by atoms with Crippen molar-refractivity contribution < 1.29 is 9.18 Å². The summed E-state index contributed by atoms with van der Waals surface area (Å²) < 4.78 is 13.2. The van der Waals surface area contributed by atoms with Crippen LogP contribution in [0, 0.1) is 12.7 Å². The van der Waals surface area contributed by atoms with E-state index in [-0.39, 0.29) is 11.9 Å². The Morgan fingerprint density at radius 1 is 1.22 bits per heavy atom. The molecular formula is C19H17FN2O. The fourth-order valence-electron chi connectivity index (χ4n) is 3.39. The molecule has 1 aliphatic carbocycles. The highest BCUT2D eigenvalue weighted by Gasteiger charge is 2.26. The minimum Gasteiger partial charge on any atom is -0.358 e. The smallest absolute Gasteiger partial charge is 0.251 e. The van der Waals surface area contributed by atoms with Crippen LogP contribution < -0.4 is 5.32 Å². The third kappa shape index (κ3) is 2.50. The highest BCUT2D eigenvalue weighted by Crippen LogP contribution is 2.30. The third-order valence-electron chi connectivity index (χ3n) is 4.47. The Kier molecular flexibility index (Phi) is 3.18. The standard InChI is InChI=1S/C19H17FN2O/c1-11-5-6-17-15(7-11)16-9-14(10-18(16)22-17)21-19(23)12-3-2-4-13(20)8-12/h2-8,14,22H,9-10H2,1H3,(H,21,23). The van der Waals surface area contributed by atoms with E-state index in [2.05, 4.69) is 35.4 Å². The molecule has 0 saturated carbocycles. The Balaban J connectivity index is 1.54. The molecule has 1 aliphatic rings. The number of halogens is 1. The Morgan fingerprint density at radius 3 is 2.91 bits per heavy atom. The Bertz CT molecular complexity index is 913. The second kappa shape index (κ2) is 5.23. The first-order chi connectivity index (χ1) is 11.1. The summed E-state index contributed by atoms with van der Waals surface area (Å²) in [6.45, 7) is 2.08. The molecule has 0 spiro atoms. The summed E-state index contributed by atoms with van der Waals surface area (Å²) in [6.07, 6.45) is 1.59. The predicted molar refractivity (Wildman–Crippen MR) is 88.1 cm³/mol. The molecule has 0 bridgehead atoms. The molecule has 116 valence electrons. The van der Waals surface area contributed by atoms with Gasteiger partial charge in [-0.3, -0.25) is 4.79 Å². The van der Waals surface area contributed by atoms with Gasteiger partial charge in [0.05, 0.1) is 0 Å². The maximum atomic E-state index is 13.2. The van der Waals surface area contributed by atoms with Crippen molar-refractivity contribution in [3.63, 3.8) is 0 Å². The Hall–Kier alpha value is -2.62. The van der Waals surface area contributed by atoms with E-state index < -0.39 is 5.82 Å². The van der Waals surface area contributed by atoms with E-state index in [4.69, 9.17) is 0 Å². The second-order valence-corrected chi connectivity index (χ2v) is 6.22. The zero-order valence-corrected chi connectivity index (χ0v) is 12.8. The van der Waals surface area contributed by atoms with Gasteiger partial charge in [0.2, 0.25) is 0 Å². The van der Waals surface area contributed by atoms with Gasteiger partial charge in [-0.2, -0.15) is 0 Å². The fourth-order valence-corrected chi connectivity index (χ4v) is 3.39. The number of nitrogens with one attached hydrogen (secondary N) is 2. The normalized spacial score (nSPS) is 16.5. The lowest BCUT2D eigenvalue weighted by Crippen LogP contribution is -2.35. The van der Waals surface area contributed by atoms with Gasteiger partial charge in [-0.15, -0.1) is 0 Å². The van der Waals surface area contributed by atoms with Gasteiger partial charge in [-0.25, -0.2) is 4.39 Å². The van der Waals surface area contributed by atoms with Crippen LogP contribution in [0.15, 0.2) is 42.5 Å². The van der Waals surface area contributed by atoms with E-state index in [1.807, 2.05) is 0 Å². The molecule has 23 heavy (non-hydrogen) atoms. The molecule has 0 saturated heterocycles.